The third-order valence-electron chi connectivity index (χ3n) is 5.27. The fraction of sp³-hybridized carbons (Fsp3) is 0. The van der Waals surface area contributed by atoms with Crippen molar-refractivity contribution in [3.8, 4) is 11.8 Å². The van der Waals surface area contributed by atoms with Crippen LogP contribution in [-0.2, 0) is 0 Å². The normalized spacial score (nSPS) is 11.8. The number of halogens is 2. The number of amides is 2. The number of azo groups is 2. The summed E-state index contributed by atoms with van der Waals surface area (Å²) in [6.07, 6.45) is 0. The van der Waals surface area contributed by atoms with Crippen molar-refractivity contribution >= 4 is 76.9 Å². The smallest absolute Gasteiger partial charge is 0.295 e. The fourth-order valence-electron chi connectivity index (χ4n) is 3.57. The van der Waals surface area contributed by atoms with Gasteiger partial charge in [-0.25, -0.2) is 0 Å². The summed E-state index contributed by atoms with van der Waals surface area (Å²) in [6.45, 7) is 0. The van der Waals surface area contributed by atoms with E-state index in [0.29, 0.717) is 21.8 Å². The van der Waals surface area contributed by atoms with E-state index in [4.69, 9.17) is 0 Å². The van der Waals surface area contributed by atoms with E-state index in [1.807, 2.05) is 0 Å². The third kappa shape index (κ3) is 4.55. The molecule has 0 unspecified atom stereocenters. The molecule has 12 heteroatoms. The van der Waals surface area contributed by atoms with Crippen LogP contribution in [0.4, 0.5) is 11.4 Å². The van der Waals surface area contributed by atoms with Crippen LogP contribution in [0.5, 0.6) is 11.8 Å². The lowest BCUT2D eigenvalue weighted by molar-refractivity contribution is 0.0994. The Bertz CT molecular complexity index is 1610. The van der Waals surface area contributed by atoms with Gasteiger partial charge >= 0.3 is 0 Å². The number of aromatic amines is 2. The summed E-state index contributed by atoms with van der Waals surface area (Å²) in [5, 5.41) is 36.7. The SMILES string of the molecule is O=C(N=Nc1c(O)[nH]c2ccc(Br)cc12)c1cccc(C(=O)N=Nc2c(O)[nH]c3ccc(Br)cc23)c1. The van der Waals surface area contributed by atoms with Gasteiger partial charge in [0.05, 0.1) is 11.0 Å². The predicted molar refractivity (Wildman–Crippen MR) is 139 cm³/mol. The summed E-state index contributed by atoms with van der Waals surface area (Å²) < 4.78 is 1.54. The van der Waals surface area contributed by atoms with E-state index in [0.717, 1.165) is 8.95 Å². The number of benzene rings is 3. The molecule has 0 radical (unpaired) electrons. The van der Waals surface area contributed by atoms with Crippen molar-refractivity contribution in [2.75, 3.05) is 0 Å². The van der Waals surface area contributed by atoms with Crippen LogP contribution in [0.1, 0.15) is 20.7 Å². The molecule has 0 bridgehead atoms. The molecule has 2 heterocycles. The first kappa shape index (κ1) is 23.6. The Morgan fingerprint density at radius 2 is 1.11 bits per heavy atom. The molecule has 0 aliphatic heterocycles. The van der Waals surface area contributed by atoms with Crippen molar-refractivity contribution in [1.29, 1.82) is 0 Å². The average Bonchev–Trinajstić information content (AvgIpc) is 3.35. The molecule has 2 amide bonds. The number of aromatic nitrogens is 2. The average molecular weight is 610 g/mol. The molecule has 0 fully saturated rings. The number of fused-ring (bicyclic) bond motifs is 2. The molecule has 0 spiro atoms. The van der Waals surface area contributed by atoms with E-state index in [1.165, 1.54) is 24.3 Å². The van der Waals surface area contributed by atoms with Gasteiger partial charge in [0.25, 0.3) is 11.8 Å². The van der Waals surface area contributed by atoms with Gasteiger partial charge in [-0.15, -0.1) is 20.5 Å². The van der Waals surface area contributed by atoms with E-state index in [1.54, 1.807) is 36.4 Å². The summed E-state index contributed by atoms with van der Waals surface area (Å²) >= 11 is 6.71. The second-order valence-corrected chi connectivity index (χ2v) is 9.45. The second kappa shape index (κ2) is 9.47. The zero-order valence-electron chi connectivity index (χ0n) is 18.0. The molecule has 5 rings (SSSR count). The third-order valence-corrected chi connectivity index (χ3v) is 6.25. The summed E-state index contributed by atoms with van der Waals surface area (Å²) in [5.74, 6) is -1.89. The number of carbonyl (C=O) groups is 2. The molecule has 5 aromatic rings. The molecule has 36 heavy (non-hydrogen) atoms. The minimum Gasteiger partial charge on any atom is -0.493 e. The maximum atomic E-state index is 12.6. The number of nitrogens with zero attached hydrogens (tertiary/aromatic N) is 4. The summed E-state index contributed by atoms with van der Waals surface area (Å²) in [7, 11) is 0. The Hall–Kier alpha value is -4.16. The highest BCUT2D eigenvalue weighted by Crippen LogP contribution is 2.38. The molecule has 0 saturated heterocycles. The number of hydrogen-bond donors (Lipinski definition) is 4. The number of H-pyrrole nitrogens is 2. The summed E-state index contributed by atoms with van der Waals surface area (Å²) in [6, 6.07) is 16.3. The van der Waals surface area contributed by atoms with Gasteiger partial charge in [-0.1, -0.05) is 37.9 Å². The van der Waals surface area contributed by atoms with Gasteiger partial charge in [-0.05, 0) is 54.6 Å². The largest absolute Gasteiger partial charge is 0.493 e. The van der Waals surface area contributed by atoms with E-state index < -0.39 is 11.8 Å². The van der Waals surface area contributed by atoms with Crippen molar-refractivity contribution in [3.63, 3.8) is 0 Å². The van der Waals surface area contributed by atoms with Crippen LogP contribution in [0.25, 0.3) is 21.8 Å². The number of carbonyl (C=O) groups excluding carboxylic acids is 2. The first-order valence-electron chi connectivity index (χ1n) is 10.3. The minimum absolute atomic E-state index is 0.0965. The number of nitrogens with one attached hydrogen (secondary N) is 2. The molecular weight excluding hydrogens is 596 g/mol. The quantitative estimate of drug-likeness (QED) is 0.156. The van der Waals surface area contributed by atoms with Crippen molar-refractivity contribution in [3.05, 3.63) is 80.7 Å². The topological polar surface area (TPSA) is 156 Å². The number of hydrogen-bond acceptors (Lipinski definition) is 6. The Morgan fingerprint density at radius 3 is 1.56 bits per heavy atom. The van der Waals surface area contributed by atoms with Crippen molar-refractivity contribution < 1.29 is 19.8 Å². The molecule has 178 valence electrons. The summed E-state index contributed by atoms with van der Waals surface area (Å²) in [4.78, 5) is 30.8. The number of rotatable bonds is 4. The van der Waals surface area contributed by atoms with Crippen LogP contribution in [0.15, 0.2) is 90.1 Å². The zero-order valence-corrected chi connectivity index (χ0v) is 21.2. The Balaban J connectivity index is 1.38. The highest BCUT2D eigenvalue weighted by molar-refractivity contribution is 9.10. The lowest BCUT2D eigenvalue weighted by Crippen LogP contribution is -1.99. The van der Waals surface area contributed by atoms with E-state index in [2.05, 4.69) is 62.3 Å². The molecule has 3 aromatic carbocycles. The highest BCUT2D eigenvalue weighted by Gasteiger charge is 2.15. The second-order valence-electron chi connectivity index (χ2n) is 7.62. The molecule has 0 saturated carbocycles. The predicted octanol–water partition coefficient (Wildman–Crippen LogP) is 7.43. The summed E-state index contributed by atoms with van der Waals surface area (Å²) in [5.41, 5.74) is 1.68. The van der Waals surface area contributed by atoms with Crippen LogP contribution < -0.4 is 0 Å². The Morgan fingerprint density at radius 1 is 0.667 bits per heavy atom. The van der Waals surface area contributed by atoms with Crippen LogP contribution in [-0.4, -0.2) is 32.0 Å². The van der Waals surface area contributed by atoms with Gasteiger partial charge in [0.2, 0.25) is 11.8 Å². The van der Waals surface area contributed by atoms with Gasteiger partial charge in [-0.2, -0.15) is 0 Å². The minimum atomic E-state index is -0.718. The van der Waals surface area contributed by atoms with Crippen molar-refractivity contribution in [1.82, 2.24) is 9.97 Å². The zero-order chi connectivity index (χ0) is 25.4. The molecule has 2 aromatic heterocycles. The first-order valence-corrected chi connectivity index (χ1v) is 11.9. The fourth-order valence-corrected chi connectivity index (χ4v) is 4.29. The van der Waals surface area contributed by atoms with Gasteiger partial charge in [0.15, 0.2) is 11.4 Å². The molecule has 0 atom stereocenters. The van der Waals surface area contributed by atoms with E-state index in [9.17, 15) is 19.8 Å². The van der Waals surface area contributed by atoms with E-state index in [-0.39, 0.29) is 34.3 Å². The number of aromatic hydroxyl groups is 2. The first-order chi connectivity index (χ1) is 17.3. The highest BCUT2D eigenvalue weighted by atomic mass is 79.9. The van der Waals surface area contributed by atoms with Crippen LogP contribution in [0.2, 0.25) is 0 Å². The van der Waals surface area contributed by atoms with Gasteiger partial charge in [0.1, 0.15) is 0 Å². The maximum absolute atomic E-state index is 12.6. The molecular formula is C24H14Br2N6O4. The van der Waals surface area contributed by atoms with Crippen LogP contribution in [0, 0.1) is 0 Å². The maximum Gasteiger partial charge on any atom is 0.295 e. The lowest BCUT2D eigenvalue weighted by atomic mass is 10.1. The van der Waals surface area contributed by atoms with E-state index >= 15 is 0 Å². The molecule has 0 aliphatic rings. The van der Waals surface area contributed by atoms with Crippen molar-refractivity contribution in [2.45, 2.75) is 0 Å². The molecule has 4 N–H and O–H groups in total. The van der Waals surface area contributed by atoms with Crippen LogP contribution >= 0.6 is 31.9 Å². The Kier molecular flexibility index (Phi) is 6.20. The van der Waals surface area contributed by atoms with Gasteiger partial charge in [-0.3, -0.25) is 9.59 Å². The van der Waals surface area contributed by atoms with Crippen molar-refractivity contribution in [2.24, 2.45) is 20.5 Å². The molecule has 0 aliphatic carbocycles. The molecule has 10 nitrogen and oxygen atoms in total. The monoisotopic (exact) mass is 608 g/mol. The Labute approximate surface area is 219 Å². The van der Waals surface area contributed by atoms with Gasteiger partial charge in [0, 0.05) is 30.8 Å². The lowest BCUT2D eigenvalue weighted by Gasteiger charge is -1.99. The van der Waals surface area contributed by atoms with Gasteiger partial charge < -0.3 is 20.2 Å². The standard InChI is InChI=1S/C24H14Br2N6O4/c25-13-4-6-17-15(9-13)19(23(35)27-17)29-31-21(33)11-2-1-3-12(8-11)22(34)32-30-20-16-10-14(26)5-7-18(16)28-24(20)36/h1-10,27-28,35-36H. The van der Waals surface area contributed by atoms with Crippen LogP contribution in [0.3, 0.4) is 0 Å².